The number of nitrogens with one attached hydrogen (secondary N) is 1. The number of aryl methyl sites for hydroxylation is 1. The van der Waals surface area contributed by atoms with Crippen LogP contribution < -0.4 is 0 Å². The lowest BCUT2D eigenvalue weighted by molar-refractivity contribution is -0.0783. The molecule has 0 radical (unpaired) electrons. The molecule has 1 aromatic carbocycles. The highest BCUT2D eigenvalue weighted by molar-refractivity contribution is 6.00. The Morgan fingerprint density at radius 1 is 1.17 bits per heavy atom. The third-order valence-electron chi connectivity index (χ3n) is 5.13. The van der Waals surface area contributed by atoms with Crippen LogP contribution in [0.2, 0.25) is 0 Å². The Kier molecular flexibility index (Phi) is 2.60. The second-order valence-corrected chi connectivity index (χ2v) is 5.79. The monoisotopic (exact) mass is 243 g/mol. The topological polar surface area (TPSA) is 33.1 Å². The van der Waals surface area contributed by atoms with Crippen molar-refractivity contribution in [1.82, 2.24) is 0 Å². The highest BCUT2D eigenvalue weighted by Gasteiger charge is 2.65. The van der Waals surface area contributed by atoms with Gasteiger partial charge in [-0.1, -0.05) is 37.1 Å². The lowest BCUT2D eigenvalue weighted by Crippen LogP contribution is -2.70. The normalized spacial score (nSPS) is 34.9. The van der Waals surface area contributed by atoms with Crippen LogP contribution in [-0.4, -0.2) is 18.4 Å². The van der Waals surface area contributed by atoms with Crippen molar-refractivity contribution in [2.45, 2.75) is 50.0 Å². The summed E-state index contributed by atoms with van der Waals surface area (Å²) in [7, 11) is 1.78. The van der Waals surface area contributed by atoms with Gasteiger partial charge in [0.05, 0.1) is 0 Å². The van der Waals surface area contributed by atoms with Crippen LogP contribution in [0.3, 0.4) is 0 Å². The zero-order valence-electron chi connectivity index (χ0n) is 11.3. The van der Waals surface area contributed by atoms with Gasteiger partial charge in [0.15, 0.2) is 0 Å². The van der Waals surface area contributed by atoms with Gasteiger partial charge in [-0.2, -0.15) is 0 Å². The van der Waals surface area contributed by atoms with Crippen LogP contribution in [0.1, 0.15) is 43.2 Å². The zero-order valence-corrected chi connectivity index (χ0v) is 11.3. The molecular formula is C16H21NO. The summed E-state index contributed by atoms with van der Waals surface area (Å²) in [6, 6.07) is 8.63. The van der Waals surface area contributed by atoms with Crippen molar-refractivity contribution in [2.75, 3.05) is 7.11 Å². The maximum absolute atomic E-state index is 8.22. The smallest absolute Gasteiger partial charge is 0.115 e. The third kappa shape index (κ3) is 1.24. The molecule has 2 nitrogen and oxygen atoms in total. The Labute approximate surface area is 109 Å². The van der Waals surface area contributed by atoms with Crippen LogP contribution >= 0.6 is 0 Å². The summed E-state index contributed by atoms with van der Waals surface area (Å²) in [4.78, 5) is 0. The van der Waals surface area contributed by atoms with Crippen molar-refractivity contribution >= 4 is 5.71 Å². The van der Waals surface area contributed by atoms with Crippen LogP contribution in [0.5, 0.6) is 0 Å². The Morgan fingerprint density at radius 2 is 1.89 bits per heavy atom. The van der Waals surface area contributed by atoms with Crippen LogP contribution in [0.25, 0.3) is 0 Å². The fourth-order valence-electron chi connectivity index (χ4n) is 4.23. The minimum absolute atomic E-state index is 0.0719. The number of methoxy groups -OCH3 is 1. The van der Waals surface area contributed by atoms with Crippen LogP contribution in [-0.2, 0) is 10.2 Å². The largest absolute Gasteiger partial charge is 0.371 e. The van der Waals surface area contributed by atoms with Crippen molar-refractivity contribution < 1.29 is 4.74 Å². The number of hydrogen-bond donors (Lipinski definition) is 1. The van der Waals surface area contributed by atoms with Crippen molar-refractivity contribution in [2.24, 2.45) is 0 Å². The number of hydrogen-bond acceptors (Lipinski definition) is 2. The van der Waals surface area contributed by atoms with E-state index in [1.165, 1.54) is 24.0 Å². The number of fused-ring (bicyclic) bond motifs is 1. The quantitative estimate of drug-likeness (QED) is 0.845. The Bertz CT molecular complexity index is 496. The Hall–Kier alpha value is -1.15. The molecule has 0 aliphatic heterocycles. The first kappa shape index (κ1) is 11.9. The lowest BCUT2D eigenvalue weighted by atomic mass is 9.46. The molecule has 3 rings (SSSR count). The van der Waals surface area contributed by atoms with Gasteiger partial charge in [-0.25, -0.2) is 0 Å². The summed E-state index contributed by atoms with van der Waals surface area (Å²) < 4.78 is 5.88. The van der Waals surface area contributed by atoms with Gasteiger partial charge in [-0.15, -0.1) is 0 Å². The van der Waals surface area contributed by atoms with Gasteiger partial charge in [0.2, 0.25) is 0 Å². The molecule has 0 spiro atoms. The molecule has 1 unspecified atom stereocenters. The van der Waals surface area contributed by atoms with E-state index < -0.39 is 0 Å². The average molecular weight is 243 g/mol. The van der Waals surface area contributed by atoms with E-state index in [1.807, 2.05) is 0 Å². The summed E-state index contributed by atoms with van der Waals surface area (Å²) in [5, 5.41) is 8.22. The average Bonchev–Trinajstić information content (AvgIpc) is 2.38. The van der Waals surface area contributed by atoms with Gasteiger partial charge >= 0.3 is 0 Å². The first-order chi connectivity index (χ1) is 8.66. The highest BCUT2D eigenvalue weighted by atomic mass is 16.5. The van der Waals surface area contributed by atoms with Gasteiger partial charge < -0.3 is 10.1 Å². The lowest BCUT2D eigenvalue weighted by Gasteiger charge is -2.62. The second kappa shape index (κ2) is 3.92. The van der Waals surface area contributed by atoms with E-state index in [0.29, 0.717) is 0 Å². The fourth-order valence-corrected chi connectivity index (χ4v) is 4.23. The van der Waals surface area contributed by atoms with E-state index in [9.17, 15) is 0 Å². The summed E-state index contributed by atoms with van der Waals surface area (Å²) in [6.45, 7) is 2.18. The van der Waals surface area contributed by atoms with E-state index in [4.69, 9.17) is 10.1 Å². The summed E-state index contributed by atoms with van der Waals surface area (Å²) >= 11 is 0. The maximum atomic E-state index is 8.22. The molecule has 2 aliphatic carbocycles. The van der Waals surface area contributed by atoms with Crippen molar-refractivity contribution in [3.8, 4) is 0 Å². The Morgan fingerprint density at radius 3 is 2.56 bits per heavy atom. The minimum Gasteiger partial charge on any atom is -0.371 e. The van der Waals surface area contributed by atoms with E-state index in [1.54, 1.807) is 7.11 Å². The van der Waals surface area contributed by atoms with E-state index in [2.05, 4.69) is 31.2 Å². The van der Waals surface area contributed by atoms with Gasteiger partial charge in [0.1, 0.15) is 5.60 Å². The maximum Gasteiger partial charge on any atom is 0.115 e. The summed E-state index contributed by atoms with van der Waals surface area (Å²) in [6.07, 6.45) is 5.49. The zero-order chi connectivity index (χ0) is 12.8. The molecule has 0 amide bonds. The molecule has 2 heteroatoms. The predicted molar refractivity (Wildman–Crippen MR) is 73.4 cm³/mol. The molecule has 0 saturated heterocycles. The molecule has 0 aromatic heterocycles. The van der Waals surface area contributed by atoms with Gasteiger partial charge in [0.25, 0.3) is 0 Å². The van der Waals surface area contributed by atoms with Crippen LogP contribution in [0.4, 0.5) is 0 Å². The third-order valence-corrected chi connectivity index (χ3v) is 5.13. The number of benzene rings is 1. The fraction of sp³-hybridized carbons (Fsp3) is 0.562. The molecule has 2 atom stereocenters. The van der Waals surface area contributed by atoms with Gasteiger partial charge in [0, 0.05) is 24.7 Å². The van der Waals surface area contributed by atoms with E-state index in [0.717, 1.165) is 25.0 Å². The Balaban J connectivity index is 2.13. The van der Waals surface area contributed by atoms with Crippen LogP contribution in [0.15, 0.2) is 24.3 Å². The molecule has 1 aromatic rings. The van der Waals surface area contributed by atoms with Gasteiger partial charge in [-0.05, 0) is 30.9 Å². The predicted octanol–water partition coefficient (Wildman–Crippen LogP) is 3.62. The second-order valence-electron chi connectivity index (χ2n) is 5.79. The van der Waals surface area contributed by atoms with Gasteiger partial charge in [-0.3, -0.25) is 0 Å². The molecule has 0 heterocycles. The first-order valence-corrected chi connectivity index (χ1v) is 6.85. The molecule has 0 bridgehead atoms. The summed E-state index contributed by atoms with van der Waals surface area (Å²) in [5.41, 5.74) is 3.31. The highest BCUT2D eigenvalue weighted by Crippen LogP contribution is 2.59. The van der Waals surface area contributed by atoms with Crippen LogP contribution in [0, 0.1) is 12.3 Å². The molecule has 18 heavy (non-hydrogen) atoms. The molecule has 2 aliphatic rings. The van der Waals surface area contributed by atoms with Crippen molar-refractivity contribution in [3.63, 3.8) is 0 Å². The SMILES string of the molecule is COC12CCCC[C@@]1(c1ccccc1C)CC2=N. The molecule has 2 fully saturated rings. The standard InChI is InChI=1S/C16H21NO/c1-12-7-3-4-8-13(12)15-9-5-6-10-16(15,18-2)14(17)11-15/h3-4,7-8,17H,5-6,9-11H2,1-2H3/t15-,16?/m0/s1. The van der Waals surface area contributed by atoms with E-state index >= 15 is 0 Å². The molecule has 96 valence electrons. The minimum atomic E-state index is -0.308. The molecule has 2 saturated carbocycles. The molecular weight excluding hydrogens is 222 g/mol. The van der Waals surface area contributed by atoms with Crippen molar-refractivity contribution in [3.05, 3.63) is 35.4 Å². The first-order valence-electron chi connectivity index (χ1n) is 6.85. The van der Waals surface area contributed by atoms with E-state index in [-0.39, 0.29) is 11.0 Å². The number of ether oxygens (including phenoxy) is 1. The molecule has 1 N–H and O–H groups in total. The number of rotatable bonds is 2. The van der Waals surface area contributed by atoms with Crippen molar-refractivity contribution in [1.29, 1.82) is 5.41 Å². The summed E-state index contributed by atoms with van der Waals surface area (Å²) in [5.74, 6) is 0.